The quantitative estimate of drug-likeness (QED) is 0.187. The van der Waals surface area contributed by atoms with Crippen LogP contribution < -0.4 is 0 Å². The second kappa shape index (κ2) is 10.7. The molecule has 0 radical (unpaired) electrons. The minimum Gasteiger partial charge on any atom is -0.309 e. The van der Waals surface area contributed by atoms with Gasteiger partial charge in [0.2, 0.25) is 0 Å². The largest absolute Gasteiger partial charge is 0.309 e. The molecule has 2 heteroatoms. The number of hydrogen-bond donors (Lipinski definition) is 0. The Bertz CT molecular complexity index is 2700. The Morgan fingerprint density at radius 2 is 1.21 bits per heavy atom. The average molecular weight is 613 g/mol. The molecule has 0 fully saturated rings. The molecule has 0 bridgehead atoms. The molecule has 0 spiro atoms. The summed E-state index contributed by atoms with van der Waals surface area (Å²) < 4.78 is 4.97. The fraction of sp³-hybridized carbons (Fsp3) is 0.0435. The first-order valence-electron chi connectivity index (χ1n) is 16.8. The molecule has 2 nitrogen and oxygen atoms in total. The highest BCUT2D eigenvalue weighted by Gasteiger charge is 2.24. The smallest absolute Gasteiger partial charge is 0.0637 e. The monoisotopic (exact) mass is 612 g/mol. The van der Waals surface area contributed by atoms with Crippen LogP contribution in [0.5, 0.6) is 0 Å². The van der Waals surface area contributed by atoms with E-state index >= 15 is 0 Å². The molecule has 7 aromatic carbocycles. The number of fused-ring (bicyclic) bond motifs is 8. The van der Waals surface area contributed by atoms with Crippen LogP contribution in [0.15, 0.2) is 164 Å². The van der Waals surface area contributed by atoms with Crippen LogP contribution in [-0.2, 0) is 6.42 Å². The molecule has 10 rings (SSSR count). The Labute approximate surface area is 279 Å². The van der Waals surface area contributed by atoms with Crippen LogP contribution in [0.3, 0.4) is 0 Å². The molecule has 2 aromatic heterocycles. The minimum atomic E-state index is 1.05. The van der Waals surface area contributed by atoms with Crippen LogP contribution in [0.25, 0.3) is 83.2 Å². The zero-order valence-electron chi connectivity index (χ0n) is 26.5. The van der Waals surface area contributed by atoms with Crippen molar-refractivity contribution in [2.45, 2.75) is 12.8 Å². The lowest BCUT2D eigenvalue weighted by molar-refractivity contribution is 0.968. The molecule has 2 heterocycles. The van der Waals surface area contributed by atoms with Crippen LogP contribution in [0, 0.1) is 0 Å². The predicted octanol–water partition coefficient (Wildman–Crippen LogP) is 12.2. The third-order valence-corrected chi connectivity index (χ3v) is 10.2. The van der Waals surface area contributed by atoms with Crippen LogP contribution in [0.1, 0.15) is 17.7 Å². The lowest BCUT2D eigenvalue weighted by Crippen LogP contribution is -2.00. The predicted molar refractivity (Wildman–Crippen MR) is 203 cm³/mol. The van der Waals surface area contributed by atoms with E-state index in [9.17, 15) is 0 Å². The van der Waals surface area contributed by atoms with Gasteiger partial charge in [0, 0.05) is 33.2 Å². The molecule has 0 saturated heterocycles. The minimum absolute atomic E-state index is 1.05. The standard InChI is InChI=1S/C46H32N2/c1-2-12-31(13-3-1)34-16-10-17-36(30-34)47-43-23-9-7-20-41(43)45-44(47)29-28-40-39-19-6-8-22-42(39)48(46(40)45)35-26-24-33(25-27-35)38-21-11-15-32-14-4-5-18-37(32)38/h1-5,7-18,20-30H,6,19H2. The molecule has 0 N–H and O–H groups in total. The Balaban J connectivity index is 1.23. The third-order valence-electron chi connectivity index (χ3n) is 10.2. The van der Waals surface area contributed by atoms with Gasteiger partial charge in [0.25, 0.3) is 0 Å². The van der Waals surface area contributed by atoms with Crippen LogP contribution in [-0.4, -0.2) is 9.13 Å². The van der Waals surface area contributed by atoms with Gasteiger partial charge in [-0.05, 0) is 93.9 Å². The van der Waals surface area contributed by atoms with Crippen LogP contribution in [0.4, 0.5) is 0 Å². The number of benzene rings is 7. The topological polar surface area (TPSA) is 9.86 Å². The summed E-state index contributed by atoms with van der Waals surface area (Å²) in [6.07, 6.45) is 6.79. The van der Waals surface area contributed by atoms with Gasteiger partial charge in [-0.1, -0.05) is 127 Å². The van der Waals surface area contributed by atoms with Gasteiger partial charge < -0.3 is 9.13 Å². The maximum atomic E-state index is 2.52. The van der Waals surface area contributed by atoms with E-state index in [2.05, 4.69) is 179 Å². The van der Waals surface area contributed by atoms with Crippen molar-refractivity contribution < 1.29 is 0 Å². The Morgan fingerprint density at radius 1 is 0.458 bits per heavy atom. The molecule has 1 aliphatic rings. The van der Waals surface area contributed by atoms with Crippen molar-refractivity contribution in [2.24, 2.45) is 0 Å². The Morgan fingerprint density at radius 3 is 2.10 bits per heavy atom. The van der Waals surface area contributed by atoms with Crippen molar-refractivity contribution in [1.29, 1.82) is 0 Å². The fourth-order valence-corrected chi connectivity index (χ4v) is 8.04. The number of aromatic nitrogens is 2. The van der Waals surface area contributed by atoms with Gasteiger partial charge in [-0.3, -0.25) is 0 Å². The molecule has 0 amide bonds. The summed E-state index contributed by atoms with van der Waals surface area (Å²) in [4.78, 5) is 0. The summed E-state index contributed by atoms with van der Waals surface area (Å²) in [5.74, 6) is 0. The van der Waals surface area contributed by atoms with E-state index < -0.39 is 0 Å². The molecule has 0 atom stereocenters. The van der Waals surface area contributed by atoms with Crippen molar-refractivity contribution in [3.63, 3.8) is 0 Å². The molecular formula is C46H32N2. The van der Waals surface area contributed by atoms with Crippen LogP contribution in [0.2, 0.25) is 0 Å². The molecule has 9 aromatic rings. The number of rotatable bonds is 4. The van der Waals surface area contributed by atoms with Gasteiger partial charge in [-0.15, -0.1) is 0 Å². The van der Waals surface area contributed by atoms with E-state index in [0.29, 0.717) is 0 Å². The molecule has 0 unspecified atom stereocenters. The van der Waals surface area contributed by atoms with Gasteiger partial charge in [-0.2, -0.15) is 0 Å². The van der Waals surface area contributed by atoms with E-state index in [1.165, 1.54) is 88.4 Å². The SMILES string of the molecule is C1=Cc2c(c3ccc4c(c5ccccc5n4-c4cccc(-c5ccccc5)c4)c3n2-c2ccc(-c3cccc4ccccc34)cc2)CC1. The van der Waals surface area contributed by atoms with Gasteiger partial charge in [0.15, 0.2) is 0 Å². The van der Waals surface area contributed by atoms with Gasteiger partial charge >= 0.3 is 0 Å². The average Bonchev–Trinajstić information content (AvgIpc) is 3.68. The van der Waals surface area contributed by atoms with Gasteiger partial charge in [0.1, 0.15) is 0 Å². The van der Waals surface area contributed by atoms with Crippen LogP contribution >= 0.6 is 0 Å². The highest BCUT2D eigenvalue weighted by Crippen LogP contribution is 2.43. The van der Waals surface area contributed by atoms with E-state index in [1.807, 2.05) is 0 Å². The number of hydrogen-bond acceptors (Lipinski definition) is 0. The number of allylic oxidation sites excluding steroid dienone is 1. The maximum Gasteiger partial charge on any atom is 0.0637 e. The highest BCUT2D eigenvalue weighted by atomic mass is 15.0. The van der Waals surface area contributed by atoms with Crippen molar-refractivity contribution in [1.82, 2.24) is 9.13 Å². The first kappa shape index (κ1) is 27.0. The highest BCUT2D eigenvalue weighted by molar-refractivity contribution is 6.22. The zero-order valence-corrected chi connectivity index (χ0v) is 26.5. The van der Waals surface area contributed by atoms with Crippen molar-refractivity contribution in [3.8, 4) is 33.6 Å². The normalized spacial score (nSPS) is 12.8. The fourth-order valence-electron chi connectivity index (χ4n) is 8.04. The molecule has 226 valence electrons. The second-order valence-electron chi connectivity index (χ2n) is 12.8. The van der Waals surface area contributed by atoms with Gasteiger partial charge in [0.05, 0.1) is 16.6 Å². The maximum absolute atomic E-state index is 2.52. The summed E-state index contributed by atoms with van der Waals surface area (Å²) in [5.41, 5.74) is 13.8. The first-order valence-corrected chi connectivity index (χ1v) is 16.8. The molecule has 0 aliphatic heterocycles. The molecule has 0 saturated carbocycles. The van der Waals surface area contributed by atoms with Crippen molar-refractivity contribution in [3.05, 3.63) is 175 Å². The second-order valence-corrected chi connectivity index (χ2v) is 12.8. The Hall–Kier alpha value is -6.12. The molecule has 48 heavy (non-hydrogen) atoms. The van der Waals surface area contributed by atoms with Crippen molar-refractivity contribution in [2.75, 3.05) is 0 Å². The first-order chi connectivity index (χ1) is 23.8. The van der Waals surface area contributed by atoms with E-state index in [1.54, 1.807) is 0 Å². The summed E-state index contributed by atoms with van der Waals surface area (Å²) in [7, 11) is 0. The number of aryl methyl sites for hydroxylation is 1. The summed E-state index contributed by atoms with van der Waals surface area (Å²) in [6.45, 7) is 0. The van der Waals surface area contributed by atoms with E-state index in [4.69, 9.17) is 0 Å². The third kappa shape index (κ3) is 4.06. The van der Waals surface area contributed by atoms with E-state index in [-0.39, 0.29) is 0 Å². The molecular weight excluding hydrogens is 581 g/mol. The summed E-state index contributed by atoms with van der Waals surface area (Å²) in [5, 5.41) is 6.47. The van der Waals surface area contributed by atoms with Gasteiger partial charge in [-0.25, -0.2) is 0 Å². The number of para-hydroxylation sites is 1. The lowest BCUT2D eigenvalue weighted by Gasteiger charge is -2.14. The summed E-state index contributed by atoms with van der Waals surface area (Å²) in [6, 6.07) is 57.7. The van der Waals surface area contributed by atoms with Crippen molar-refractivity contribution >= 4 is 49.6 Å². The van der Waals surface area contributed by atoms with E-state index in [0.717, 1.165) is 12.8 Å². The lowest BCUT2D eigenvalue weighted by atomic mass is 9.98. The molecule has 1 aliphatic carbocycles. The zero-order chi connectivity index (χ0) is 31.6. The number of nitrogens with zero attached hydrogens (tertiary/aromatic N) is 2. The summed E-state index contributed by atoms with van der Waals surface area (Å²) >= 11 is 0. The Kier molecular flexibility index (Phi) is 6.04.